The van der Waals surface area contributed by atoms with Gasteiger partial charge in [0, 0.05) is 13.1 Å². The van der Waals surface area contributed by atoms with Crippen molar-refractivity contribution < 1.29 is 13.2 Å². The predicted molar refractivity (Wildman–Crippen MR) is 61.6 cm³/mol. The number of nitrogens with zero attached hydrogens (tertiary/aromatic N) is 3. The monoisotopic (exact) mass is 275 g/mol. The molecule has 1 aliphatic heterocycles. The van der Waals surface area contributed by atoms with Crippen molar-refractivity contribution in [1.29, 1.82) is 0 Å². The van der Waals surface area contributed by atoms with Crippen molar-refractivity contribution in [3.8, 4) is 0 Å². The molecule has 1 saturated heterocycles. The Hall–Kier alpha value is -1.21. The highest BCUT2D eigenvalue weighted by molar-refractivity contribution is 7.91. The first-order chi connectivity index (χ1) is 7.98. The molecule has 0 spiro atoms. The van der Waals surface area contributed by atoms with Crippen LogP contribution < -0.4 is 0 Å². The molecule has 0 radical (unpaired) electrons. The minimum absolute atomic E-state index is 0.00721. The molecule has 2 heterocycles. The van der Waals surface area contributed by atoms with E-state index in [0.29, 0.717) is 0 Å². The van der Waals surface area contributed by atoms with E-state index in [0.717, 1.165) is 0 Å². The van der Waals surface area contributed by atoms with E-state index >= 15 is 0 Å². The summed E-state index contributed by atoms with van der Waals surface area (Å²) >= 11 is 5.63. The van der Waals surface area contributed by atoms with E-state index in [2.05, 4.69) is 9.97 Å². The Bertz CT molecular complexity index is 532. The zero-order valence-electron chi connectivity index (χ0n) is 8.84. The molecule has 1 amide bonds. The molecule has 0 bridgehead atoms. The quantitative estimate of drug-likeness (QED) is 0.721. The summed E-state index contributed by atoms with van der Waals surface area (Å²) in [6.07, 6.45) is 2.65. The van der Waals surface area contributed by atoms with Crippen LogP contribution in [-0.2, 0) is 9.84 Å². The highest BCUT2D eigenvalue weighted by atomic mass is 35.5. The molecule has 0 aromatic carbocycles. The number of halogens is 1. The van der Waals surface area contributed by atoms with Gasteiger partial charge in [0.15, 0.2) is 9.84 Å². The standard InChI is InChI=1S/C9H10ClN3O3S/c10-8-6-11-5-7(12-8)9(14)13-1-3-17(15,16)4-2-13/h5-6H,1-4H2. The van der Waals surface area contributed by atoms with Crippen LogP contribution in [0.2, 0.25) is 5.15 Å². The van der Waals surface area contributed by atoms with Crippen LogP contribution in [0.25, 0.3) is 0 Å². The van der Waals surface area contributed by atoms with E-state index in [1.807, 2.05) is 0 Å². The molecule has 92 valence electrons. The molecule has 6 nitrogen and oxygen atoms in total. The maximum Gasteiger partial charge on any atom is 0.274 e. The molecule has 17 heavy (non-hydrogen) atoms. The molecule has 1 aromatic rings. The highest BCUT2D eigenvalue weighted by Gasteiger charge is 2.26. The molecule has 0 N–H and O–H groups in total. The zero-order valence-corrected chi connectivity index (χ0v) is 10.4. The van der Waals surface area contributed by atoms with E-state index < -0.39 is 9.84 Å². The minimum Gasteiger partial charge on any atom is -0.335 e. The van der Waals surface area contributed by atoms with E-state index in [9.17, 15) is 13.2 Å². The second-order valence-corrected chi connectivity index (χ2v) is 6.36. The van der Waals surface area contributed by atoms with Crippen molar-refractivity contribution in [2.45, 2.75) is 0 Å². The van der Waals surface area contributed by atoms with E-state index in [-0.39, 0.29) is 41.3 Å². The summed E-state index contributed by atoms with van der Waals surface area (Å²) in [5.74, 6) is -0.352. The number of rotatable bonds is 1. The van der Waals surface area contributed by atoms with E-state index in [1.54, 1.807) is 0 Å². The Morgan fingerprint density at radius 3 is 2.53 bits per heavy atom. The van der Waals surface area contributed by atoms with Crippen LogP contribution in [0.3, 0.4) is 0 Å². The summed E-state index contributed by atoms with van der Waals surface area (Å²) in [6.45, 7) is 0.380. The van der Waals surface area contributed by atoms with Gasteiger partial charge in [0.2, 0.25) is 0 Å². The van der Waals surface area contributed by atoms with E-state index in [4.69, 9.17) is 11.6 Å². The lowest BCUT2D eigenvalue weighted by molar-refractivity contribution is 0.0764. The third kappa shape index (κ3) is 2.92. The lowest BCUT2D eigenvalue weighted by atomic mass is 10.3. The smallest absolute Gasteiger partial charge is 0.274 e. The van der Waals surface area contributed by atoms with Crippen molar-refractivity contribution in [2.75, 3.05) is 24.6 Å². The lowest BCUT2D eigenvalue weighted by Crippen LogP contribution is -2.44. The molecule has 1 aromatic heterocycles. The van der Waals surface area contributed by atoms with Crippen LogP contribution in [0, 0.1) is 0 Å². The number of aromatic nitrogens is 2. The Labute approximate surface area is 104 Å². The summed E-state index contributed by atoms with van der Waals surface area (Å²) in [6, 6.07) is 0. The summed E-state index contributed by atoms with van der Waals surface area (Å²) in [5.41, 5.74) is 0.136. The van der Waals surface area contributed by atoms with Gasteiger partial charge in [-0.3, -0.25) is 9.78 Å². The topological polar surface area (TPSA) is 80.2 Å². The fraction of sp³-hybridized carbons (Fsp3) is 0.444. The first kappa shape index (κ1) is 12.3. The highest BCUT2D eigenvalue weighted by Crippen LogP contribution is 2.09. The number of hydrogen-bond acceptors (Lipinski definition) is 5. The minimum atomic E-state index is -3.00. The number of hydrogen-bond donors (Lipinski definition) is 0. The number of sulfone groups is 1. The number of amides is 1. The van der Waals surface area contributed by atoms with Gasteiger partial charge < -0.3 is 4.90 Å². The predicted octanol–water partition coefficient (Wildman–Crippen LogP) is 0.000600. The Morgan fingerprint density at radius 2 is 1.94 bits per heavy atom. The summed E-state index contributed by atoms with van der Waals surface area (Å²) in [4.78, 5) is 21.0. The van der Waals surface area contributed by atoms with Gasteiger partial charge in [-0.1, -0.05) is 11.6 Å². The second kappa shape index (κ2) is 4.58. The van der Waals surface area contributed by atoms with Crippen LogP contribution in [0.5, 0.6) is 0 Å². The summed E-state index contributed by atoms with van der Waals surface area (Å²) in [5, 5.41) is 0.139. The maximum atomic E-state index is 11.9. The molecule has 2 rings (SSSR count). The van der Waals surface area contributed by atoms with E-state index in [1.165, 1.54) is 17.3 Å². The van der Waals surface area contributed by atoms with Crippen LogP contribution >= 0.6 is 11.6 Å². The first-order valence-corrected chi connectivity index (χ1v) is 7.15. The molecular weight excluding hydrogens is 266 g/mol. The maximum absolute atomic E-state index is 11.9. The first-order valence-electron chi connectivity index (χ1n) is 4.95. The molecule has 0 aliphatic carbocycles. The van der Waals surface area contributed by atoms with Crippen molar-refractivity contribution >= 4 is 27.3 Å². The van der Waals surface area contributed by atoms with Gasteiger partial charge in [-0.2, -0.15) is 0 Å². The van der Waals surface area contributed by atoms with Crippen LogP contribution in [0.4, 0.5) is 0 Å². The fourth-order valence-corrected chi connectivity index (χ4v) is 2.87. The number of carbonyl (C=O) groups is 1. The molecule has 8 heteroatoms. The largest absolute Gasteiger partial charge is 0.335 e. The Kier molecular flexibility index (Phi) is 3.30. The van der Waals surface area contributed by atoms with Gasteiger partial charge in [0.1, 0.15) is 10.8 Å². The third-order valence-corrected chi connectivity index (χ3v) is 4.25. The van der Waals surface area contributed by atoms with Crippen molar-refractivity contribution in [3.63, 3.8) is 0 Å². The Morgan fingerprint density at radius 1 is 1.29 bits per heavy atom. The Balaban J connectivity index is 2.12. The van der Waals surface area contributed by atoms with Gasteiger partial charge in [-0.05, 0) is 0 Å². The molecule has 1 fully saturated rings. The van der Waals surface area contributed by atoms with Gasteiger partial charge in [0.05, 0.1) is 23.9 Å². The zero-order chi connectivity index (χ0) is 12.5. The lowest BCUT2D eigenvalue weighted by Gasteiger charge is -2.26. The summed E-state index contributed by atoms with van der Waals surface area (Å²) in [7, 11) is -3.00. The average molecular weight is 276 g/mol. The SMILES string of the molecule is O=C(c1cncc(Cl)n1)N1CCS(=O)(=O)CC1. The average Bonchev–Trinajstić information content (AvgIpc) is 2.28. The van der Waals surface area contributed by atoms with Crippen molar-refractivity contribution in [2.24, 2.45) is 0 Å². The van der Waals surface area contributed by atoms with Gasteiger partial charge >= 0.3 is 0 Å². The van der Waals surface area contributed by atoms with Gasteiger partial charge in [0.25, 0.3) is 5.91 Å². The number of carbonyl (C=O) groups excluding carboxylic acids is 1. The molecular formula is C9H10ClN3O3S. The van der Waals surface area contributed by atoms with Gasteiger partial charge in [-0.25, -0.2) is 13.4 Å². The normalized spacial score (nSPS) is 19.0. The van der Waals surface area contributed by atoms with Crippen molar-refractivity contribution in [1.82, 2.24) is 14.9 Å². The third-order valence-electron chi connectivity index (χ3n) is 2.46. The van der Waals surface area contributed by atoms with Crippen LogP contribution in [0.15, 0.2) is 12.4 Å². The summed E-state index contributed by atoms with van der Waals surface area (Å²) < 4.78 is 22.4. The molecule has 0 unspecified atom stereocenters. The second-order valence-electron chi connectivity index (χ2n) is 3.67. The molecule has 0 saturated carbocycles. The molecule has 0 atom stereocenters. The van der Waals surface area contributed by atoms with Crippen molar-refractivity contribution in [3.05, 3.63) is 23.2 Å². The van der Waals surface area contributed by atoms with Crippen LogP contribution in [-0.4, -0.2) is 53.8 Å². The molecule has 1 aliphatic rings. The van der Waals surface area contributed by atoms with Gasteiger partial charge in [-0.15, -0.1) is 0 Å². The fourth-order valence-electron chi connectivity index (χ4n) is 1.52. The van der Waals surface area contributed by atoms with Crippen LogP contribution in [0.1, 0.15) is 10.5 Å².